The van der Waals surface area contributed by atoms with Crippen LogP contribution in [0.4, 0.5) is 5.69 Å². The Labute approximate surface area is 116 Å². The van der Waals surface area contributed by atoms with E-state index in [-0.39, 0.29) is 12.5 Å². The molecule has 1 aromatic carbocycles. The number of carbonyl (C=O) groups is 1. The van der Waals surface area contributed by atoms with Gasteiger partial charge in [0.05, 0.1) is 11.4 Å². The first-order valence-electron chi connectivity index (χ1n) is 5.88. The highest BCUT2D eigenvalue weighted by Gasteiger charge is 2.09. The smallest absolute Gasteiger partial charge is 0.250 e. The van der Waals surface area contributed by atoms with E-state index in [1.807, 2.05) is 6.92 Å². The number of nitrogens with one attached hydrogen (secondary N) is 1. The first-order valence-corrected chi connectivity index (χ1v) is 6.25. The SMILES string of the molecule is CCOCC(=O)Nc1cc(Cl)ccc1-n1cccn1. The number of halogens is 1. The standard InChI is InChI=1S/C13H14ClN3O2/c1-2-19-9-13(18)16-11-8-10(14)4-5-12(11)17-7-3-6-15-17/h3-8H,2,9H2,1H3,(H,16,18). The monoisotopic (exact) mass is 279 g/mol. The fourth-order valence-corrected chi connectivity index (χ4v) is 1.77. The van der Waals surface area contributed by atoms with E-state index in [4.69, 9.17) is 16.3 Å². The first-order chi connectivity index (χ1) is 9.20. The van der Waals surface area contributed by atoms with Crippen LogP contribution >= 0.6 is 11.6 Å². The van der Waals surface area contributed by atoms with E-state index in [0.717, 1.165) is 5.69 Å². The number of benzene rings is 1. The van der Waals surface area contributed by atoms with Crippen LogP contribution in [0, 0.1) is 0 Å². The number of anilines is 1. The van der Waals surface area contributed by atoms with Crippen molar-refractivity contribution in [3.63, 3.8) is 0 Å². The van der Waals surface area contributed by atoms with Crippen LogP contribution in [0.5, 0.6) is 0 Å². The quantitative estimate of drug-likeness (QED) is 0.915. The molecule has 2 aromatic rings. The lowest BCUT2D eigenvalue weighted by Crippen LogP contribution is -2.19. The maximum atomic E-state index is 11.7. The lowest BCUT2D eigenvalue weighted by molar-refractivity contribution is -0.120. The van der Waals surface area contributed by atoms with E-state index >= 15 is 0 Å². The molecule has 0 aliphatic rings. The van der Waals surface area contributed by atoms with Gasteiger partial charge in [-0.3, -0.25) is 4.79 Å². The summed E-state index contributed by atoms with van der Waals surface area (Å²) in [6, 6.07) is 7.03. The van der Waals surface area contributed by atoms with E-state index in [0.29, 0.717) is 17.3 Å². The van der Waals surface area contributed by atoms with E-state index < -0.39 is 0 Å². The zero-order chi connectivity index (χ0) is 13.7. The highest BCUT2D eigenvalue weighted by Crippen LogP contribution is 2.24. The van der Waals surface area contributed by atoms with Crippen LogP contribution in [-0.4, -0.2) is 28.9 Å². The minimum absolute atomic E-state index is 0.0154. The third-order valence-corrected chi connectivity index (χ3v) is 2.66. The van der Waals surface area contributed by atoms with Crippen molar-refractivity contribution in [2.45, 2.75) is 6.92 Å². The Hall–Kier alpha value is -1.85. The second-order valence-electron chi connectivity index (χ2n) is 3.80. The second-order valence-corrected chi connectivity index (χ2v) is 4.23. The van der Waals surface area contributed by atoms with Crippen molar-refractivity contribution in [3.05, 3.63) is 41.7 Å². The average Bonchev–Trinajstić information content (AvgIpc) is 2.90. The first kappa shape index (κ1) is 13.6. The average molecular weight is 280 g/mol. The zero-order valence-electron chi connectivity index (χ0n) is 10.5. The molecule has 1 amide bonds. The lowest BCUT2D eigenvalue weighted by Gasteiger charge is -2.11. The lowest BCUT2D eigenvalue weighted by atomic mass is 10.2. The number of aromatic nitrogens is 2. The van der Waals surface area contributed by atoms with Crippen molar-refractivity contribution >= 4 is 23.2 Å². The molecule has 0 fully saturated rings. The molecule has 2 rings (SSSR count). The van der Waals surface area contributed by atoms with Gasteiger partial charge in [0.15, 0.2) is 0 Å². The molecule has 0 bridgehead atoms. The molecule has 0 saturated heterocycles. The Balaban J connectivity index is 2.23. The predicted octanol–water partition coefficient (Wildman–Crippen LogP) is 2.50. The molecule has 19 heavy (non-hydrogen) atoms. The summed E-state index contributed by atoms with van der Waals surface area (Å²) >= 11 is 5.95. The molecule has 1 heterocycles. The van der Waals surface area contributed by atoms with Crippen molar-refractivity contribution < 1.29 is 9.53 Å². The number of hydrogen-bond donors (Lipinski definition) is 1. The summed E-state index contributed by atoms with van der Waals surface area (Å²) in [6.07, 6.45) is 3.46. The molecule has 100 valence electrons. The Morgan fingerprint density at radius 2 is 2.37 bits per heavy atom. The van der Waals surface area contributed by atoms with Crippen molar-refractivity contribution in [1.82, 2.24) is 9.78 Å². The summed E-state index contributed by atoms with van der Waals surface area (Å²) in [6.45, 7) is 2.35. The molecular weight excluding hydrogens is 266 g/mol. The molecule has 6 heteroatoms. The molecule has 0 aliphatic carbocycles. The minimum atomic E-state index is -0.225. The number of nitrogens with zero attached hydrogens (tertiary/aromatic N) is 2. The number of carbonyl (C=O) groups excluding carboxylic acids is 1. The van der Waals surface area contributed by atoms with E-state index in [1.54, 1.807) is 41.3 Å². The Bertz CT molecular complexity index is 555. The maximum Gasteiger partial charge on any atom is 0.250 e. The number of rotatable bonds is 5. The Morgan fingerprint density at radius 3 is 3.05 bits per heavy atom. The topological polar surface area (TPSA) is 56.1 Å². The van der Waals surface area contributed by atoms with Gasteiger partial charge in [0.2, 0.25) is 5.91 Å². The van der Waals surface area contributed by atoms with Gasteiger partial charge in [-0.05, 0) is 31.2 Å². The summed E-state index contributed by atoms with van der Waals surface area (Å²) in [4.78, 5) is 11.7. The van der Waals surface area contributed by atoms with E-state index in [2.05, 4.69) is 10.4 Å². The van der Waals surface area contributed by atoms with Crippen LogP contribution in [0.15, 0.2) is 36.7 Å². The van der Waals surface area contributed by atoms with Gasteiger partial charge in [0, 0.05) is 24.0 Å². The van der Waals surface area contributed by atoms with Crippen LogP contribution < -0.4 is 5.32 Å². The van der Waals surface area contributed by atoms with Gasteiger partial charge in [0.25, 0.3) is 0 Å². The Morgan fingerprint density at radius 1 is 1.53 bits per heavy atom. The molecule has 5 nitrogen and oxygen atoms in total. The normalized spacial score (nSPS) is 10.4. The van der Waals surface area contributed by atoms with Crippen LogP contribution in [0.25, 0.3) is 5.69 Å². The van der Waals surface area contributed by atoms with Gasteiger partial charge in [-0.25, -0.2) is 4.68 Å². The van der Waals surface area contributed by atoms with Crippen LogP contribution in [0.3, 0.4) is 0 Å². The summed E-state index contributed by atoms with van der Waals surface area (Å²) in [5.41, 5.74) is 1.35. The Kier molecular flexibility index (Phi) is 4.54. The van der Waals surface area contributed by atoms with Gasteiger partial charge in [-0.15, -0.1) is 0 Å². The summed E-state index contributed by atoms with van der Waals surface area (Å²) in [5, 5.41) is 7.45. The maximum absolute atomic E-state index is 11.7. The largest absolute Gasteiger partial charge is 0.372 e. The molecular formula is C13H14ClN3O2. The van der Waals surface area contributed by atoms with E-state index in [1.165, 1.54) is 0 Å². The van der Waals surface area contributed by atoms with Crippen molar-refractivity contribution in [3.8, 4) is 5.69 Å². The molecule has 0 radical (unpaired) electrons. The highest BCUT2D eigenvalue weighted by atomic mass is 35.5. The molecule has 0 atom stereocenters. The fraction of sp³-hybridized carbons (Fsp3) is 0.231. The number of hydrogen-bond acceptors (Lipinski definition) is 3. The van der Waals surface area contributed by atoms with Gasteiger partial charge >= 0.3 is 0 Å². The highest BCUT2D eigenvalue weighted by molar-refractivity contribution is 6.31. The van der Waals surface area contributed by atoms with Crippen LogP contribution in [0.2, 0.25) is 5.02 Å². The van der Waals surface area contributed by atoms with Gasteiger partial charge in [0.1, 0.15) is 6.61 Å². The molecule has 0 unspecified atom stereocenters. The van der Waals surface area contributed by atoms with E-state index in [9.17, 15) is 4.79 Å². The van der Waals surface area contributed by atoms with Crippen molar-refractivity contribution in [2.75, 3.05) is 18.5 Å². The number of ether oxygens (including phenoxy) is 1. The van der Waals surface area contributed by atoms with Gasteiger partial charge in [-0.2, -0.15) is 5.10 Å². The van der Waals surface area contributed by atoms with Gasteiger partial charge < -0.3 is 10.1 Å². The molecule has 0 saturated carbocycles. The molecule has 1 N–H and O–H groups in total. The van der Waals surface area contributed by atoms with Crippen molar-refractivity contribution in [1.29, 1.82) is 0 Å². The summed E-state index contributed by atoms with van der Waals surface area (Å²) in [5.74, 6) is -0.225. The zero-order valence-corrected chi connectivity index (χ0v) is 11.2. The molecule has 1 aromatic heterocycles. The third kappa shape index (κ3) is 3.56. The van der Waals surface area contributed by atoms with Crippen LogP contribution in [0.1, 0.15) is 6.92 Å². The summed E-state index contributed by atoms with van der Waals surface area (Å²) in [7, 11) is 0. The second kappa shape index (κ2) is 6.36. The third-order valence-electron chi connectivity index (χ3n) is 2.42. The van der Waals surface area contributed by atoms with Crippen LogP contribution in [-0.2, 0) is 9.53 Å². The van der Waals surface area contributed by atoms with Crippen molar-refractivity contribution in [2.24, 2.45) is 0 Å². The van der Waals surface area contributed by atoms with Gasteiger partial charge in [-0.1, -0.05) is 11.6 Å². The fourth-order valence-electron chi connectivity index (χ4n) is 1.60. The summed E-state index contributed by atoms with van der Waals surface area (Å²) < 4.78 is 6.72. The molecule has 0 aliphatic heterocycles. The molecule has 0 spiro atoms. The number of amides is 1. The minimum Gasteiger partial charge on any atom is -0.372 e. The predicted molar refractivity (Wildman–Crippen MR) is 73.7 cm³/mol.